The summed E-state index contributed by atoms with van der Waals surface area (Å²) in [5.74, 6) is 0.316. The van der Waals surface area contributed by atoms with Gasteiger partial charge in [-0.1, -0.05) is 28.1 Å². The van der Waals surface area contributed by atoms with E-state index in [0.29, 0.717) is 16.8 Å². The predicted octanol–water partition coefficient (Wildman–Crippen LogP) is 4.85. The summed E-state index contributed by atoms with van der Waals surface area (Å²) in [4.78, 5) is 10.7. The van der Waals surface area contributed by atoms with Gasteiger partial charge in [-0.3, -0.25) is 10.1 Å². The van der Waals surface area contributed by atoms with Gasteiger partial charge in [0.15, 0.2) is 5.75 Å². The highest BCUT2D eigenvalue weighted by atomic mass is 127. The van der Waals surface area contributed by atoms with Gasteiger partial charge >= 0.3 is 5.69 Å². The molecule has 0 radical (unpaired) electrons. The Morgan fingerprint density at radius 2 is 1.95 bits per heavy atom. The van der Waals surface area contributed by atoms with Crippen molar-refractivity contribution in [3.8, 4) is 5.75 Å². The van der Waals surface area contributed by atoms with Gasteiger partial charge in [-0.15, -0.1) is 0 Å². The molecule has 0 saturated carbocycles. The van der Waals surface area contributed by atoms with Crippen LogP contribution in [0.15, 0.2) is 40.9 Å². The Bertz CT molecular complexity index is 644. The normalized spacial score (nSPS) is 10.3. The SMILES string of the molecule is Cc1cc(Br)cc([N+](=O)[O-])c1OCc1ccc(I)cc1. The Hall–Kier alpha value is -1.15. The van der Waals surface area contributed by atoms with Crippen molar-refractivity contribution in [2.24, 2.45) is 0 Å². The molecule has 104 valence electrons. The standard InChI is InChI=1S/C14H11BrINO3/c1-9-6-11(15)7-13(17(18)19)14(9)20-8-10-2-4-12(16)5-3-10/h2-7H,8H2,1H3. The van der Waals surface area contributed by atoms with Gasteiger partial charge in [-0.25, -0.2) is 0 Å². The van der Waals surface area contributed by atoms with Crippen LogP contribution in [-0.4, -0.2) is 4.92 Å². The summed E-state index contributed by atoms with van der Waals surface area (Å²) in [5, 5.41) is 11.1. The molecule has 0 saturated heterocycles. The molecule has 0 atom stereocenters. The van der Waals surface area contributed by atoms with Crippen LogP contribution in [0.3, 0.4) is 0 Å². The molecule has 0 amide bonds. The topological polar surface area (TPSA) is 52.4 Å². The second kappa shape index (κ2) is 6.53. The molecule has 6 heteroatoms. The molecule has 0 aliphatic rings. The van der Waals surface area contributed by atoms with Gasteiger partial charge < -0.3 is 4.74 Å². The average molecular weight is 448 g/mol. The van der Waals surface area contributed by atoms with Crippen molar-refractivity contribution in [3.63, 3.8) is 0 Å². The van der Waals surface area contributed by atoms with E-state index < -0.39 is 4.92 Å². The van der Waals surface area contributed by atoms with Crippen LogP contribution in [-0.2, 0) is 6.61 Å². The quantitative estimate of drug-likeness (QED) is 0.382. The van der Waals surface area contributed by atoms with E-state index in [1.54, 1.807) is 13.0 Å². The number of aryl methyl sites for hydroxylation is 1. The van der Waals surface area contributed by atoms with E-state index in [2.05, 4.69) is 38.5 Å². The Kier molecular flexibility index (Phi) is 4.98. The Labute approximate surface area is 138 Å². The lowest BCUT2D eigenvalue weighted by atomic mass is 10.2. The van der Waals surface area contributed by atoms with Gasteiger partial charge in [-0.05, 0) is 58.8 Å². The van der Waals surface area contributed by atoms with Gasteiger partial charge in [0.05, 0.1) is 4.92 Å². The van der Waals surface area contributed by atoms with Crippen LogP contribution in [0.5, 0.6) is 5.75 Å². The molecule has 0 spiro atoms. The minimum atomic E-state index is -0.430. The molecule has 2 rings (SSSR count). The molecule has 0 N–H and O–H groups in total. The zero-order valence-electron chi connectivity index (χ0n) is 10.6. The van der Waals surface area contributed by atoms with Crippen LogP contribution in [0, 0.1) is 20.6 Å². The fourth-order valence-corrected chi connectivity index (χ4v) is 2.69. The summed E-state index contributed by atoms with van der Waals surface area (Å²) in [7, 11) is 0. The highest BCUT2D eigenvalue weighted by Crippen LogP contribution is 2.34. The third kappa shape index (κ3) is 3.69. The van der Waals surface area contributed by atoms with Crippen LogP contribution < -0.4 is 4.74 Å². The summed E-state index contributed by atoms with van der Waals surface area (Å²) in [6.45, 7) is 2.10. The number of hydrogen-bond donors (Lipinski definition) is 0. The number of benzene rings is 2. The highest BCUT2D eigenvalue weighted by molar-refractivity contribution is 14.1. The van der Waals surface area contributed by atoms with Crippen molar-refractivity contribution >= 4 is 44.2 Å². The molecule has 0 aliphatic heterocycles. The highest BCUT2D eigenvalue weighted by Gasteiger charge is 2.18. The molecule has 0 bridgehead atoms. The number of nitrogens with zero attached hydrogens (tertiary/aromatic N) is 1. The Morgan fingerprint density at radius 3 is 2.55 bits per heavy atom. The number of nitro benzene ring substituents is 1. The van der Waals surface area contributed by atoms with E-state index in [0.717, 1.165) is 14.7 Å². The first-order chi connectivity index (χ1) is 9.47. The predicted molar refractivity (Wildman–Crippen MR) is 89.0 cm³/mol. The Balaban J connectivity index is 2.24. The minimum absolute atomic E-state index is 0.0256. The van der Waals surface area contributed by atoms with Gasteiger partial charge in [0.2, 0.25) is 0 Å². The number of rotatable bonds is 4. The van der Waals surface area contributed by atoms with Crippen molar-refractivity contribution < 1.29 is 9.66 Å². The lowest BCUT2D eigenvalue weighted by Gasteiger charge is -2.10. The largest absolute Gasteiger partial charge is 0.482 e. The van der Waals surface area contributed by atoms with Crippen molar-refractivity contribution in [1.82, 2.24) is 0 Å². The molecule has 20 heavy (non-hydrogen) atoms. The summed E-state index contributed by atoms with van der Waals surface area (Å²) in [5.41, 5.74) is 1.68. The second-order valence-corrected chi connectivity index (χ2v) is 6.40. The smallest absolute Gasteiger partial charge is 0.312 e. The maximum atomic E-state index is 11.1. The van der Waals surface area contributed by atoms with Crippen molar-refractivity contribution in [2.75, 3.05) is 0 Å². The number of ether oxygens (including phenoxy) is 1. The fourth-order valence-electron chi connectivity index (χ4n) is 1.77. The monoisotopic (exact) mass is 447 g/mol. The van der Waals surface area contributed by atoms with Crippen LogP contribution in [0.2, 0.25) is 0 Å². The third-order valence-electron chi connectivity index (χ3n) is 2.71. The number of nitro groups is 1. The molecule has 2 aromatic carbocycles. The van der Waals surface area contributed by atoms with Crippen LogP contribution in [0.4, 0.5) is 5.69 Å². The van der Waals surface area contributed by atoms with E-state index in [9.17, 15) is 10.1 Å². The van der Waals surface area contributed by atoms with Gasteiger partial charge in [-0.2, -0.15) is 0 Å². The number of halogens is 2. The Morgan fingerprint density at radius 1 is 1.30 bits per heavy atom. The maximum absolute atomic E-state index is 11.1. The zero-order chi connectivity index (χ0) is 14.7. The first kappa shape index (κ1) is 15.2. The van der Waals surface area contributed by atoms with E-state index in [-0.39, 0.29) is 5.69 Å². The first-order valence-electron chi connectivity index (χ1n) is 5.79. The van der Waals surface area contributed by atoms with E-state index >= 15 is 0 Å². The van der Waals surface area contributed by atoms with Gasteiger partial charge in [0, 0.05) is 14.1 Å². The van der Waals surface area contributed by atoms with Crippen LogP contribution >= 0.6 is 38.5 Å². The minimum Gasteiger partial charge on any atom is -0.482 e. The molecular weight excluding hydrogens is 437 g/mol. The summed E-state index contributed by atoms with van der Waals surface area (Å²) in [6.07, 6.45) is 0. The second-order valence-electron chi connectivity index (χ2n) is 4.24. The molecule has 0 aromatic heterocycles. The summed E-state index contributed by atoms with van der Waals surface area (Å²) in [6, 6.07) is 11.1. The third-order valence-corrected chi connectivity index (χ3v) is 3.89. The van der Waals surface area contributed by atoms with E-state index in [4.69, 9.17) is 4.74 Å². The average Bonchev–Trinajstić information content (AvgIpc) is 2.38. The van der Waals surface area contributed by atoms with E-state index in [1.807, 2.05) is 24.3 Å². The lowest BCUT2D eigenvalue weighted by molar-refractivity contribution is -0.386. The molecule has 0 unspecified atom stereocenters. The van der Waals surface area contributed by atoms with Crippen molar-refractivity contribution in [3.05, 3.63) is 65.7 Å². The van der Waals surface area contributed by atoms with Gasteiger partial charge in [0.1, 0.15) is 6.61 Å². The molecular formula is C14H11BrINO3. The maximum Gasteiger partial charge on any atom is 0.312 e. The van der Waals surface area contributed by atoms with Crippen LogP contribution in [0.25, 0.3) is 0 Å². The lowest BCUT2D eigenvalue weighted by Crippen LogP contribution is -2.01. The summed E-state index contributed by atoms with van der Waals surface area (Å²) >= 11 is 5.48. The summed E-state index contributed by atoms with van der Waals surface area (Å²) < 4.78 is 7.45. The first-order valence-corrected chi connectivity index (χ1v) is 7.66. The fraction of sp³-hybridized carbons (Fsp3) is 0.143. The van der Waals surface area contributed by atoms with Gasteiger partial charge in [0.25, 0.3) is 0 Å². The molecule has 4 nitrogen and oxygen atoms in total. The number of hydrogen-bond acceptors (Lipinski definition) is 3. The molecule has 0 heterocycles. The molecule has 0 aliphatic carbocycles. The van der Waals surface area contributed by atoms with E-state index in [1.165, 1.54) is 6.07 Å². The van der Waals surface area contributed by atoms with Crippen molar-refractivity contribution in [2.45, 2.75) is 13.5 Å². The zero-order valence-corrected chi connectivity index (χ0v) is 14.3. The molecule has 0 fully saturated rings. The van der Waals surface area contributed by atoms with Crippen molar-refractivity contribution in [1.29, 1.82) is 0 Å². The van der Waals surface area contributed by atoms with Crippen LogP contribution in [0.1, 0.15) is 11.1 Å². The molecule has 2 aromatic rings.